The molecule has 0 aromatic rings. The maximum absolute atomic E-state index is 11.2. The highest BCUT2D eigenvalue weighted by Crippen LogP contribution is 2.29. The van der Waals surface area contributed by atoms with Crippen LogP contribution in [0.1, 0.15) is 26.2 Å². The van der Waals surface area contributed by atoms with Gasteiger partial charge >= 0.3 is 0 Å². The first-order valence-electron chi connectivity index (χ1n) is 4.02. The summed E-state index contributed by atoms with van der Waals surface area (Å²) in [5.41, 5.74) is 0.989. The van der Waals surface area contributed by atoms with Crippen molar-refractivity contribution in [3.8, 4) is 0 Å². The molecule has 1 aliphatic carbocycles. The fourth-order valence-corrected chi connectivity index (χ4v) is 1.78. The van der Waals surface area contributed by atoms with Gasteiger partial charge in [0, 0.05) is 12.3 Å². The minimum Gasteiger partial charge on any atom is -0.384 e. The van der Waals surface area contributed by atoms with Crippen LogP contribution in [0.15, 0.2) is 5.16 Å². The third kappa shape index (κ3) is 0.951. The summed E-state index contributed by atoms with van der Waals surface area (Å²) >= 11 is 0. The van der Waals surface area contributed by atoms with Crippen LogP contribution in [0.5, 0.6) is 0 Å². The maximum atomic E-state index is 11.2. The standard InChI is InChI=1S/C8H11NO2/c1-5-6-3-2-4-7(10)8(6)11-9-5/h6,8H,2-4H2,1H3/t6-,8+/m1/s1. The van der Waals surface area contributed by atoms with E-state index in [0.717, 1.165) is 18.6 Å². The Hall–Kier alpha value is -0.860. The first-order chi connectivity index (χ1) is 5.29. The predicted molar refractivity (Wildman–Crippen MR) is 40.3 cm³/mol. The third-order valence-electron chi connectivity index (χ3n) is 2.47. The molecule has 2 aliphatic rings. The lowest BCUT2D eigenvalue weighted by Gasteiger charge is -2.21. The Balaban J connectivity index is 2.18. The number of carbonyl (C=O) groups excluding carboxylic acids is 1. The molecule has 0 bridgehead atoms. The lowest BCUT2D eigenvalue weighted by molar-refractivity contribution is -0.133. The number of oxime groups is 1. The van der Waals surface area contributed by atoms with E-state index in [0.29, 0.717) is 6.42 Å². The van der Waals surface area contributed by atoms with Crippen molar-refractivity contribution >= 4 is 11.5 Å². The minimum atomic E-state index is -0.233. The summed E-state index contributed by atoms with van der Waals surface area (Å²) in [4.78, 5) is 16.2. The molecule has 3 heteroatoms. The van der Waals surface area contributed by atoms with E-state index in [-0.39, 0.29) is 17.8 Å². The molecule has 0 unspecified atom stereocenters. The van der Waals surface area contributed by atoms with Crippen molar-refractivity contribution in [1.82, 2.24) is 0 Å². The zero-order valence-corrected chi connectivity index (χ0v) is 6.54. The number of carbonyl (C=O) groups is 1. The van der Waals surface area contributed by atoms with Gasteiger partial charge in [0.05, 0.1) is 5.71 Å². The second-order valence-electron chi connectivity index (χ2n) is 3.22. The summed E-state index contributed by atoms with van der Waals surface area (Å²) in [5, 5.41) is 3.83. The van der Waals surface area contributed by atoms with Gasteiger partial charge in [-0.3, -0.25) is 4.79 Å². The fourth-order valence-electron chi connectivity index (χ4n) is 1.78. The summed E-state index contributed by atoms with van der Waals surface area (Å²) in [6.45, 7) is 1.93. The van der Waals surface area contributed by atoms with Crippen LogP contribution in [0, 0.1) is 5.92 Å². The molecule has 0 aromatic heterocycles. The van der Waals surface area contributed by atoms with Gasteiger partial charge < -0.3 is 4.84 Å². The van der Waals surface area contributed by atoms with Gasteiger partial charge in [0.15, 0.2) is 11.9 Å². The van der Waals surface area contributed by atoms with Crippen molar-refractivity contribution in [2.45, 2.75) is 32.3 Å². The van der Waals surface area contributed by atoms with Crippen molar-refractivity contribution in [3.63, 3.8) is 0 Å². The monoisotopic (exact) mass is 153 g/mol. The molecule has 0 N–H and O–H groups in total. The number of nitrogens with zero attached hydrogens (tertiary/aromatic N) is 1. The molecule has 1 fully saturated rings. The number of hydrogen-bond donors (Lipinski definition) is 0. The summed E-state index contributed by atoms with van der Waals surface area (Å²) in [6, 6.07) is 0. The van der Waals surface area contributed by atoms with Crippen LogP contribution >= 0.6 is 0 Å². The van der Waals surface area contributed by atoms with Gasteiger partial charge in [0.25, 0.3) is 0 Å². The fraction of sp³-hybridized carbons (Fsp3) is 0.750. The molecule has 11 heavy (non-hydrogen) atoms. The maximum Gasteiger partial charge on any atom is 0.193 e. The van der Waals surface area contributed by atoms with Gasteiger partial charge in [-0.2, -0.15) is 0 Å². The Morgan fingerprint density at radius 2 is 2.45 bits per heavy atom. The molecule has 1 heterocycles. The lowest BCUT2D eigenvalue weighted by atomic mass is 9.83. The van der Waals surface area contributed by atoms with E-state index in [1.165, 1.54) is 0 Å². The highest BCUT2D eigenvalue weighted by molar-refractivity contribution is 5.95. The Bertz CT molecular complexity index is 222. The van der Waals surface area contributed by atoms with Gasteiger partial charge in [0.1, 0.15) is 0 Å². The van der Waals surface area contributed by atoms with Crippen LogP contribution < -0.4 is 0 Å². The van der Waals surface area contributed by atoms with Crippen molar-refractivity contribution in [2.24, 2.45) is 11.1 Å². The average molecular weight is 153 g/mol. The highest BCUT2D eigenvalue weighted by atomic mass is 16.6. The summed E-state index contributed by atoms with van der Waals surface area (Å²) in [7, 11) is 0. The Kier molecular flexibility index (Phi) is 1.44. The van der Waals surface area contributed by atoms with Crippen molar-refractivity contribution in [1.29, 1.82) is 0 Å². The van der Waals surface area contributed by atoms with E-state index >= 15 is 0 Å². The summed E-state index contributed by atoms with van der Waals surface area (Å²) < 4.78 is 0. The molecular weight excluding hydrogens is 142 g/mol. The highest BCUT2D eigenvalue weighted by Gasteiger charge is 2.39. The Morgan fingerprint density at radius 3 is 3.18 bits per heavy atom. The quantitative estimate of drug-likeness (QED) is 0.523. The van der Waals surface area contributed by atoms with Gasteiger partial charge in [-0.25, -0.2) is 0 Å². The van der Waals surface area contributed by atoms with E-state index in [2.05, 4.69) is 5.16 Å². The van der Waals surface area contributed by atoms with Crippen LogP contribution in [0.2, 0.25) is 0 Å². The van der Waals surface area contributed by atoms with Gasteiger partial charge in [-0.15, -0.1) is 0 Å². The van der Waals surface area contributed by atoms with Gasteiger partial charge in [-0.05, 0) is 19.8 Å². The number of fused-ring (bicyclic) bond motifs is 1. The second-order valence-corrected chi connectivity index (χ2v) is 3.22. The normalized spacial score (nSPS) is 36.1. The largest absolute Gasteiger partial charge is 0.384 e. The third-order valence-corrected chi connectivity index (χ3v) is 2.47. The summed E-state index contributed by atoms with van der Waals surface area (Å²) in [5.74, 6) is 0.512. The molecule has 0 aromatic carbocycles. The van der Waals surface area contributed by atoms with Crippen LogP contribution in [0.25, 0.3) is 0 Å². The van der Waals surface area contributed by atoms with Crippen LogP contribution in [0.4, 0.5) is 0 Å². The number of rotatable bonds is 0. The zero-order valence-electron chi connectivity index (χ0n) is 6.54. The van der Waals surface area contributed by atoms with Crippen LogP contribution in [0.3, 0.4) is 0 Å². The van der Waals surface area contributed by atoms with E-state index in [1.807, 2.05) is 6.92 Å². The molecule has 0 saturated heterocycles. The minimum absolute atomic E-state index is 0.224. The average Bonchev–Trinajstić information content (AvgIpc) is 2.35. The predicted octanol–water partition coefficient (Wildman–Crippen LogP) is 1.13. The van der Waals surface area contributed by atoms with Crippen LogP contribution in [-0.4, -0.2) is 17.6 Å². The molecule has 0 spiro atoms. The topological polar surface area (TPSA) is 38.7 Å². The van der Waals surface area contributed by atoms with Crippen molar-refractivity contribution < 1.29 is 9.63 Å². The van der Waals surface area contributed by atoms with E-state index < -0.39 is 0 Å². The molecule has 3 nitrogen and oxygen atoms in total. The summed E-state index contributed by atoms with van der Waals surface area (Å²) in [6.07, 6.45) is 2.50. The molecule has 0 amide bonds. The number of ketones is 1. The Labute approximate surface area is 65.4 Å². The molecule has 60 valence electrons. The first-order valence-corrected chi connectivity index (χ1v) is 4.02. The number of hydrogen-bond acceptors (Lipinski definition) is 3. The zero-order chi connectivity index (χ0) is 7.84. The number of Topliss-reactive ketones (excluding diaryl/α,β-unsaturated/α-hetero) is 1. The van der Waals surface area contributed by atoms with E-state index in [9.17, 15) is 4.79 Å². The molecule has 1 aliphatic heterocycles. The Morgan fingerprint density at radius 1 is 1.64 bits per heavy atom. The molecule has 0 radical (unpaired) electrons. The van der Waals surface area contributed by atoms with E-state index in [4.69, 9.17) is 4.84 Å². The van der Waals surface area contributed by atoms with Crippen molar-refractivity contribution in [2.75, 3.05) is 0 Å². The molecule has 1 saturated carbocycles. The lowest BCUT2D eigenvalue weighted by Crippen LogP contribution is -2.34. The molecule has 2 rings (SSSR count). The van der Waals surface area contributed by atoms with E-state index in [1.54, 1.807) is 0 Å². The van der Waals surface area contributed by atoms with Gasteiger partial charge in [-0.1, -0.05) is 5.16 Å². The van der Waals surface area contributed by atoms with Crippen LogP contribution in [-0.2, 0) is 9.63 Å². The van der Waals surface area contributed by atoms with Gasteiger partial charge in [0.2, 0.25) is 0 Å². The second kappa shape index (κ2) is 2.32. The molecule has 2 atom stereocenters. The van der Waals surface area contributed by atoms with Crippen molar-refractivity contribution in [3.05, 3.63) is 0 Å². The first kappa shape index (κ1) is 6.83. The smallest absolute Gasteiger partial charge is 0.193 e. The SMILES string of the molecule is CC1=NO[C@@H]2C(=O)CCC[C@H]12. The molecular formula is C8H11NO2.